The summed E-state index contributed by atoms with van der Waals surface area (Å²) in [7, 11) is 0. The minimum atomic E-state index is 0.454. The molecule has 2 atom stereocenters. The van der Waals surface area contributed by atoms with Gasteiger partial charge in [0, 0.05) is 12.3 Å². The first-order valence-corrected chi connectivity index (χ1v) is 2.87. The normalized spacial score (nSPS) is 40.8. The number of aliphatic imine (C=N–C) groups is 1. The number of amidine groups is 1. The summed E-state index contributed by atoms with van der Waals surface area (Å²) in [6, 6.07) is 0.454. The number of nitrogens with two attached hydrogens (primary N) is 1. The number of hydrogen-bond donors (Lipinski definition) is 1. The lowest BCUT2D eigenvalue weighted by Gasteiger charge is -2.17. The van der Waals surface area contributed by atoms with E-state index in [1.165, 1.54) is 0 Å². The van der Waals surface area contributed by atoms with E-state index in [0.29, 0.717) is 12.0 Å². The van der Waals surface area contributed by atoms with Crippen LogP contribution in [-0.2, 0) is 0 Å². The molecule has 8 heavy (non-hydrogen) atoms. The summed E-state index contributed by atoms with van der Waals surface area (Å²) in [6.45, 7) is 0. The average Bonchev–Trinajstić information content (AvgIpc) is 1.91. The molecule has 0 saturated carbocycles. The maximum absolute atomic E-state index is 5.47. The molecule has 0 radical (unpaired) electrons. The molecule has 0 spiro atoms. The molecule has 2 aliphatic rings. The lowest BCUT2D eigenvalue weighted by atomic mass is 9.89. The second kappa shape index (κ2) is 1.13. The van der Waals surface area contributed by atoms with Crippen LogP contribution in [0.2, 0.25) is 0 Å². The van der Waals surface area contributed by atoms with E-state index in [1.54, 1.807) is 0 Å². The number of hydrogen-bond acceptors (Lipinski definition) is 2. The molecule has 2 N–H and O–H groups in total. The summed E-state index contributed by atoms with van der Waals surface area (Å²) in [6.07, 6.45) is 5.26. The molecule has 0 aromatic carbocycles. The Balaban J connectivity index is 2.24. The number of nitrogens with zero attached hydrogens (tertiary/aromatic N) is 1. The highest BCUT2D eigenvalue weighted by Crippen LogP contribution is 2.29. The van der Waals surface area contributed by atoms with Gasteiger partial charge in [-0.25, -0.2) is 0 Å². The van der Waals surface area contributed by atoms with Crippen molar-refractivity contribution in [1.82, 2.24) is 0 Å². The molecule has 0 unspecified atom stereocenters. The molecular formula is C6H8N2. The summed E-state index contributed by atoms with van der Waals surface area (Å²) in [4.78, 5) is 4.16. The van der Waals surface area contributed by atoms with E-state index in [0.717, 1.165) is 12.3 Å². The molecule has 2 heteroatoms. The van der Waals surface area contributed by atoms with Crippen LogP contribution in [0.5, 0.6) is 0 Å². The van der Waals surface area contributed by atoms with Crippen LogP contribution in [0.25, 0.3) is 0 Å². The number of fused-ring (bicyclic) bond motifs is 1. The van der Waals surface area contributed by atoms with Crippen molar-refractivity contribution in [2.45, 2.75) is 12.5 Å². The van der Waals surface area contributed by atoms with Crippen molar-refractivity contribution in [1.29, 1.82) is 0 Å². The minimum Gasteiger partial charge on any atom is -0.387 e. The Morgan fingerprint density at radius 1 is 1.62 bits per heavy atom. The SMILES string of the molecule is NC1=N[C@@H]2C=C[C@@H]2C1. The molecule has 1 aliphatic carbocycles. The van der Waals surface area contributed by atoms with Crippen LogP contribution in [0.15, 0.2) is 17.1 Å². The van der Waals surface area contributed by atoms with Gasteiger partial charge in [-0.15, -0.1) is 0 Å². The molecule has 1 aliphatic heterocycles. The van der Waals surface area contributed by atoms with E-state index < -0.39 is 0 Å². The molecule has 0 saturated heterocycles. The molecule has 2 nitrogen and oxygen atoms in total. The van der Waals surface area contributed by atoms with Crippen molar-refractivity contribution in [3.63, 3.8) is 0 Å². The Kier molecular flexibility index (Phi) is 0.583. The van der Waals surface area contributed by atoms with E-state index in [2.05, 4.69) is 17.1 Å². The zero-order valence-electron chi connectivity index (χ0n) is 4.54. The lowest BCUT2D eigenvalue weighted by Crippen LogP contribution is -2.17. The predicted molar refractivity (Wildman–Crippen MR) is 32.7 cm³/mol. The smallest absolute Gasteiger partial charge is 0.0951 e. The Bertz CT molecular complexity index is 169. The first kappa shape index (κ1) is 4.13. The van der Waals surface area contributed by atoms with Crippen LogP contribution in [0.4, 0.5) is 0 Å². The molecule has 2 rings (SSSR count). The summed E-state index contributed by atoms with van der Waals surface area (Å²) in [5, 5.41) is 0. The van der Waals surface area contributed by atoms with Crippen molar-refractivity contribution in [3.8, 4) is 0 Å². The van der Waals surface area contributed by atoms with Gasteiger partial charge < -0.3 is 5.73 Å². The molecule has 1 heterocycles. The van der Waals surface area contributed by atoms with Gasteiger partial charge in [0.15, 0.2) is 0 Å². The second-order valence-corrected chi connectivity index (χ2v) is 2.36. The van der Waals surface area contributed by atoms with Gasteiger partial charge in [-0.1, -0.05) is 12.2 Å². The lowest BCUT2D eigenvalue weighted by molar-refractivity contribution is 0.586. The summed E-state index contributed by atoms with van der Waals surface area (Å²) >= 11 is 0. The highest BCUT2D eigenvalue weighted by Gasteiger charge is 2.29. The Hall–Kier alpha value is -0.790. The standard InChI is InChI=1S/C6H8N2/c7-6-3-4-1-2-5(4)8-6/h1-2,4-5H,3H2,(H2,7,8)/t4-,5-/m1/s1. The third kappa shape index (κ3) is 0.351. The van der Waals surface area contributed by atoms with Crippen molar-refractivity contribution in [2.75, 3.05) is 0 Å². The van der Waals surface area contributed by atoms with E-state index in [9.17, 15) is 0 Å². The van der Waals surface area contributed by atoms with Crippen molar-refractivity contribution in [3.05, 3.63) is 12.2 Å². The number of rotatable bonds is 0. The van der Waals surface area contributed by atoms with Gasteiger partial charge in [-0.05, 0) is 0 Å². The van der Waals surface area contributed by atoms with Gasteiger partial charge in [0.25, 0.3) is 0 Å². The van der Waals surface area contributed by atoms with Crippen molar-refractivity contribution >= 4 is 5.84 Å². The zero-order chi connectivity index (χ0) is 5.56. The maximum atomic E-state index is 5.47. The molecule has 0 aromatic rings. The predicted octanol–water partition coefficient (Wildman–Crippen LogP) is 0.302. The molecule has 42 valence electrons. The molecule has 0 amide bonds. The third-order valence-electron chi connectivity index (χ3n) is 1.75. The highest BCUT2D eigenvalue weighted by atomic mass is 14.9. The van der Waals surface area contributed by atoms with Gasteiger partial charge in [-0.3, -0.25) is 4.99 Å². The largest absolute Gasteiger partial charge is 0.387 e. The van der Waals surface area contributed by atoms with Gasteiger partial charge >= 0.3 is 0 Å². The summed E-state index contributed by atoms with van der Waals surface area (Å²) in [5.41, 5.74) is 5.47. The Morgan fingerprint density at radius 3 is 2.75 bits per heavy atom. The van der Waals surface area contributed by atoms with Gasteiger partial charge in [0.2, 0.25) is 0 Å². The fourth-order valence-corrected chi connectivity index (χ4v) is 1.18. The third-order valence-corrected chi connectivity index (χ3v) is 1.75. The second-order valence-electron chi connectivity index (χ2n) is 2.36. The van der Waals surface area contributed by atoms with Crippen molar-refractivity contribution in [2.24, 2.45) is 16.6 Å². The zero-order valence-corrected chi connectivity index (χ0v) is 4.54. The van der Waals surface area contributed by atoms with Crippen LogP contribution in [0.3, 0.4) is 0 Å². The molecular weight excluding hydrogens is 100 g/mol. The Labute approximate surface area is 48.1 Å². The van der Waals surface area contributed by atoms with Gasteiger partial charge in [0.1, 0.15) is 0 Å². The van der Waals surface area contributed by atoms with Crippen LogP contribution >= 0.6 is 0 Å². The van der Waals surface area contributed by atoms with E-state index in [-0.39, 0.29) is 0 Å². The van der Waals surface area contributed by atoms with Crippen LogP contribution < -0.4 is 5.73 Å². The average molecular weight is 108 g/mol. The summed E-state index contributed by atoms with van der Waals surface area (Å²) < 4.78 is 0. The maximum Gasteiger partial charge on any atom is 0.0951 e. The van der Waals surface area contributed by atoms with Crippen LogP contribution in [-0.4, -0.2) is 11.9 Å². The van der Waals surface area contributed by atoms with Crippen molar-refractivity contribution < 1.29 is 0 Å². The Morgan fingerprint density at radius 2 is 2.50 bits per heavy atom. The molecule has 0 bridgehead atoms. The van der Waals surface area contributed by atoms with E-state index in [1.807, 2.05) is 0 Å². The first-order chi connectivity index (χ1) is 3.86. The van der Waals surface area contributed by atoms with Gasteiger partial charge in [-0.2, -0.15) is 0 Å². The monoisotopic (exact) mass is 108 g/mol. The molecule has 0 aromatic heterocycles. The van der Waals surface area contributed by atoms with E-state index in [4.69, 9.17) is 5.73 Å². The quantitative estimate of drug-likeness (QED) is 0.445. The van der Waals surface area contributed by atoms with Crippen LogP contribution in [0, 0.1) is 5.92 Å². The van der Waals surface area contributed by atoms with Crippen LogP contribution in [0.1, 0.15) is 6.42 Å². The molecule has 0 fully saturated rings. The van der Waals surface area contributed by atoms with Gasteiger partial charge in [0.05, 0.1) is 11.9 Å². The highest BCUT2D eigenvalue weighted by molar-refractivity contribution is 5.83. The fraction of sp³-hybridized carbons (Fsp3) is 0.500. The minimum absolute atomic E-state index is 0.454. The van der Waals surface area contributed by atoms with E-state index >= 15 is 0 Å². The topological polar surface area (TPSA) is 38.4 Å². The summed E-state index contributed by atoms with van der Waals surface area (Å²) in [5.74, 6) is 1.49. The first-order valence-electron chi connectivity index (χ1n) is 2.87. The fourth-order valence-electron chi connectivity index (χ4n) is 1.18.